The van der Waals surface area contributed by atoms with Gasteiger partial charge in [-0.15, -0.1) is 0 Å². The highest BCUT2D eigenvalue weighted by molar-refractivity contribution is 5.84. The second kappa shape index (κ2) is 7.83. The maximum Gasteiger partial charge on any atom is 0.255 e. The van der Waals surface area contributed by atoms with Gasteiger partial charge in [-0.2, -0.15) is 5.26 Å². The third kappa shape index (κ3) is 3.75. The van der Waals surface area contributed by atoms with Gasteiger partial charge in [0.15, 0.2) is 11.6 Å². The molecule has 1 aliphatic rings. The molecule has 1 saturated heterocycles. The van der Waals surface area contributed by atoms with E-state index in [-0.39, 0.29) is 23.0 Å². The molecule has 142 valence electrons. The van der Waals surface area contributed by atoms with Crippen LogP contribution in [0.5, 0.6) is 5.75 Å². The first-order chi connectivity index (χ1) is 13.6. The molecule has 6 heteroatoms. The molecule has 1 fully saturated rings. The monoisotopic (exact) mass is 377 g/mol. The Bertz CT molecular complexity index is 1090. The normalized spacial score (nSPS) is 15.4. The molecule has 3 aromatic rings. The fourth-order valence-electron chi connectivity index (χ4n) is 3.67. The minimum Gasteiger partial charge on any atom is -0.487 e. The van der Waals surface area contributed by atoms with Crippen molar-refractivity contribution < 1.29 is 9.13 Å². The highest BCUT2D eigenvalue weighted by Gasteiger charge is 2.22. The van der Waals surface area contributed by atoms with Gasteiger partial charge in [-0.1, -0.05) is 18.2 Å². The highest BCUT2D eigenvalue weighted by Crippen LogP contribution is 2.24. The van der Waals surface area contributed by atoms with Gasteiger partial charge in [0.05, 0.1) is 11.6 Å². The summed E-state index contributed by atoms with van der Waals surface area (Å²) in [5, 5.41) is 10.5. The van der Waals surface area contributed by atoms with E-state index >= 15 is 0 Å². The van der Waals surface area contributed by atoms with Gasteiger partial charge in [0.2, 0.25) is 0 Å². The molecule has 5 nitrogen and oxygen atoms in total. The second-order valence-electron chi connectivity index (χ2n) is 7.04. The number of hydrogen-bond donors (Lipinski definition) is 1. The van der Waals surface area contributed by atoms with E-state index in [4.69, 9.17) is 10.00 Å². The van der Waals surface area contributed by atoms with Crippen molar-refractivity contribution >= 4 is 10.8 Å². The van der Waals surface area contributed by atoms with E-state index in [1.165, 1.54) is 12.1 Å². The lowest BCUT2D eigenvalue weighted by atomic mass is 10.0. The number of nitrogens with one attached hydrogen (secondary N) is 1. The number of hydrogen-bond acceptors (Lipinski definition) is 4. The Morgan fingerprint density at radius 1 is 1.18 bits per heavy atom. The topological polar surface area (TPSA) is 69.1 Å². The summed E-state index contributed by atoms with van der Waals surface area (Å²) < 4.78 is 19.8. The molecule has 2 aromatic carbocycles. The average molecular weight is 377 g/mol. The number of piperidine rings is 1. The summed E-state index contributed by atoms with van der Waals surface area (Å²) in [7, 11) is 0. The lowest BCUT2D eigenvalue weighted by molar-refractivity contribution is 0.0937. The molecule has 0 unspecified atom stereocenters. The molecule has 1 aliphatic heterocycles. The van der Waals surface area contributed by atoms with Crippen LogP contribution in [0.15, 0.2) is 53.5 Å². The molecule has 0 bridgehead atoms. The molecule has 28 heavy (non-hydrogen) atoms. The quantitative estimate of drug-likeness (QED) is 0.755. The Balaban J connectivity index is 1.39. The Morgan fingerprint density at radius 3 is 2.64 bits per heavy atom. The standard InChI is InChI=1S/C22H20FN3O2/c23-20-11-15(12-24)5-6-21(20)28-17-7-9-26(10-8-17)14-16-13-25-22(27)19-4-2-1-3-18(16)19/h1-6,11,13,17H,7-10,14H2,(H,25,27). The van der Waals surface area contributed by atoms with Gasteiger partial charge < -0.3 is 9.72 Å². The van der Waals surface area contributed by atoms with Gasteiger partial charge in [-0.3, -0.25) is 9.69 Å². The summed E-state index contributed by atoms with van der Waals surface area (Å²) in [5.74, 6) is -0.301. The van der Waals surface area contributed by atoms with Crippen LogP contribution in [-0.4, -0.2) is 29.1 Å². The van der Waals surface area contributed by atoms with Crippen molar-refractivity contribution in [1.82, 2.24) is 9.88 Å². The number of rotatable bonds is 4. The van der Waals surface area contributed by atoms with E-state index in [0.717, 1.165) is 43.4 Å². The number of likely N-dealkylation sites (tertiary alicyclic amines) is 1. The number of ether oxygens (including phenoxy) is 1. The number of H-pyrrole nitrogens is 1. The number of benzene rings is 2. The van der Waals surface area contributed by atoms with Crippen LogP contribution < -0.4 is 10.3 Å². The van der Waals surface area contributed by atoms with Crippen molar-refractivity contribution in [2.24, 2.45) is 0 Å². The van der Waals surface area contributed by atoms with Crippen molar-refractivity contribution in [2.75, 3.05) is 13.1 Å². The van der Waals surface area contributed by atoms with Crippen molar-refractivity contribution in [3.63, 3.8) is 0 Å². The summed E-state index contributed by atoms with van der Waals surface area (Å²) >= 11 is 0. The number of nitriles is 1. The zero-order valence-corrected chi connectivity index (χ0v) is 15.3. The van der Waals surface area contributed by atoms with E-state index in [0.29, 0.717) is 5.39 Å². The molecule has 1 N–H and O–H groups in total. The van der Waals surface area contributed by atoms with E-state index in [1.54, 1.807) is 12.3 Å². The van der Waals surface area contributed by atoms with Crippen molar-refractivity contribution in [1.29, 1.82) is 5.26 Å². The number of fused-ring (bicyclic) bond motifs is 1. The van der Waals surface area contributed by atoms with Crippen molar-refractivity contribution in [3.05, 3.63) is 76.0 Å². The van der Waals surface area contributed by atoms with E-state index in [2.05, 4.69) is 9.88 Å². The van der Waals surface area contributed by atoms with Gasteiger partial charge in [0.25, 0.3) is 5.56 Å². The molecule has 0 atom stereocenters. The zero-order valence-electron chi connectivity index (χ0n) is 15.3. The van der Waals surface area contributed by atoms with Crippen LogP contribution in [0.3, 0.4) is 0 Å². The third-order valence-electron chi connectivity index (χ3n) is 5.18. The van der Waals surface area contributed by atoms with Crippen LogP contribution in [0.1, 0.15) is 24.0 Å². The van der Waals surface area contributed by atoms with Gasteiger partial charge in [0, 0.05) is 31.2 Å². The summed E-state index contributed by atoms with van der Waals surface area (Å²) in [5.41, 5.74) is 1.30. The number of halogens is 1. The van der Waals surface area contributed by atoms with Crippen LogP contribution in [0.2, 0.25) is 0 Å². The molecule has 2 heterocycles. The Labute approximate surface area is 162 Å². The van der Waals surface area contributed by atoms with Crippen LogP contribution in [0.4, 0.5) is 4.39 Å². The van der Waals surface area contributed by atoms with Crippen molar-refractivity contribution in [2.45, 2.75) is 25.5 Å². The van der Waals surface area contributed by atoms with E-state index in [1.807, 2.05) is 30.3 Å². The largest absolute Gasteiger partial charge is 0.487 e. The van der Waals surface area contributed by atoms with E-state index in [9.17, 15) is 9.18 Å². The SMILES string of the molecule is N#Cc1ccc(OC2CCN(Cc3c[nH]c(=O)c4ccccc34)CC2)c(F)c1. The number of nitrogens with zero attached hydrogens (tertiary/aromatic N) is 2. The predicted molar refractivity (Wildman–Crippen MR) is 105 cm³/mol. The van der Waals surface area contributed by atoms with Crippen LogP contribution in [0.25, 0.3) is 10.8 Å². The minimum atomic E-state index is -0.499. The van der Waals surface area contributed by atoms with Gasteiger partial charge in [-0.05, 0) is 48.1 Å². The first-order valence-corrected chi connectivity index (χ1v) is 9.32. The molecular weight excluding hydrogens is 357 g/mol. The first-order valence-electron chi connectivity index (χ1n) is 9.32. The smallest absolute Gasteiger partial charge is 0.255 e. The Hall–Kier alpha value is -3.17. The van der Waals surface area contributed by atoms with Gasteiger partial charge in [-0.25, -0.2) is 4.39 Å². The second-order valence-corrected chi connectivity index (χ2v) is 7.04. The number of aromatic nitrogens is 1. The fraction of sp³-hybridized carbons (Fsp3) is 0.273. The zero-order chi connectivity index (χ0) is 19.5. The van der Waals surface area contributed by atoms with E-state index < -0.39 is 5.82 Å². The van der Waals surface area contributed by atoms with Crippen molar-refractivity contribution in [3.8, 4) is 11.8 Å². The summed E-state index contributed by atoms with van der Waals surface area (Å²) in [4.78, 5) is 17.1. The summed E-state index contributed by atoms with van der Waals surface area (Å²) in [6.07, 6.45) is 3.33. The molecule has 0 aliphatic carbocycles. The predicted octanol–water partition coefficient (Wildman–Crippen LogP) is 3.58. The Morgan fingerprint density at radius 2 is 1.93 bits per heavy atom. The molecule has 0 amide bonds. The third-order valence-corrected chi connectivity index (χ3v) is 5.18. The highest BCUT2D eigenvalue weighted by atomic mass is 19.1. The van der Waals surface area contributed by atoms with Gasteiger partial charge in [0.1, 0.15) is 6.10 Å². The van der Waals surface area contributed by atoms with Gasteiger partial charge >= 0.3 is 0 Å². The number of pyridine rings is 1. The first kappa shape index (κ1) is 18.2. The molecule has 1 aromatic heterocycles. The minimum absolute atomic E-state index is 0.0500. The Kier molecular flexibility index (Phi) is 5.09. The molecule has 4 rings (SSSR count). The lowest BCUT2D eigenvalue weighted by Gasteiger charge is -2.32. The summed E-state index contributed by atoms with van der Waals surface area (Å²) in [6, 6.07) is 13.8. The molecular formula is C22H20FN3O2. The maximum atomic E-state index is 14.0. The lowest BCUT2D eigenvalue weighted by Crippen LogP contribution is -2.38. The molecule has 0 saturated carbocycles. The van der Waals surface area contributed by atoms with Crippen LogP contribution >= 0.6 is 0 Å². The molecule has 0 spiro atoms. The fourth-order valence-corrected chi connectivity index (χ4v) is 3.67. The average Bonchev–Trinajstić information content (AvgIpc) is 2.73. The van der Waals surface area contributed by atoms with Crippen LogP contribution in [0, 0.1) is 17.1 Å². The maximum absolute atomic E-state index is 14.0. The number of aromatic amines is 1. The molecule has 0 radical (unpaired) electrons. The summed E-state index contributed by atoms with van der Waals surface area (Å²) in [6.45, 7) is 2.40. The van der Waals surface area contributed by atoms with Crippen LogP contribution in [-0.2, 0) is 6.54 Å².